The first-order chi connectivity index (χ1) is 11.6. The van der Waals surface area contributed by atoms with Crippen molar-refractivity contribution in [3.63, 3.8) is 0 Å². The fourth-order valence-electron chi connectivity index (χ4n) is 2.55. The summed E-state index contributed by atoms with van der Waals surface area (Å²) < 4.78 is 14.6. The van der Waals surface area contributed by atoms with Crippen LogP contribution in [0.2, 0.25) is 5.02 Å². The van der Waals surface area contributed by atoms with Crippen LogP contribution in [0.25, 0.3) is 11.0 Å². The molecule has 0 spiro atoms. The Morgan fingerprint density at radius 1 is 0.875 bits per heavy atom. The zero-order chi connectivity index (χ0) is 17.1. The van der Waals surface area contributed by atoms with Crippen LogP contribution in [0.1, 0.15) is 6.42 Å². The van der Waals surface area contributed by atoms with Crippen molar-refractivity contribution < 1.29 is 9.47 Å². The highest BCUT2D eigenvalue weighted by atomic mass is 35.5. The van der Waals surface area contributed by atoms with Gasteiger partial charge >= 0.3 is 5.69 Å². The molecule has 6 heteroatoms. The van der Waals surface area contributed by atoms with Gasteiger partial charge in [0.1, 0.15) is 11.5 Å². The molecule has 2 aromatic carbocycles. The SMILES string of the molecule is Cn1c(=O)n(C)c2cc(OCCCOc3ccc(Cl)cc3)ccc21. The predicted molar refractivity (Wildman–Crippen MR) is 95.2 cm³/mol. The molecule has 0 atom stereocenters. The van der Waals surface area contributed by atoms with Gasteiger partial charge in [-0.1, -0.05) is 11.6 Å². The first-order valence-corrected chi connectivity index (χ1v) is 8.10. The van der Waals surface area contributed by atoms with E-state index in [1.165, 1.54) is 0 Å². The first kappa shape index (κ1) is 16.5. The van der Waals surface area contributed by atoms with Crippen LogP contribution in [0, 0.1) is 0 Å². The fourth-order valence-corrected chi connectivity index (χ4v) is 2.67. The lowest BCUT2D eigenvalue weighted by molar-refractivity contribution is 0.247. The summed E-state index contributed by atoms with van der Waals surface area (Å²) in [5.74, 6) is 1.54. The van der Waals surface area contributed by atoms with Gasteiger partial charge in [0.15, 0.2) is 0 Å². The van der Waals surface area contributed by atoms with Crippen molar-refractivity contribution in [2.24, 2.45) is 14.1 Å². The molecule has 5 nitrogen and oxygen atoms in total. The molecule has 0 bridgehead atoms. The van der Waals surface area contributed by atoms with Crippen molar-refractivity contribution in [1.29, 1.82) is 0 Å². The van der Waals surface area contributed by atoms with E-state index in [4.69, 9.17) is 21.1 Å². The Bertz CT molecular complexity index is 897. The van der Waals surface area contributed by atoms with Gasteiger partial charge in [-0.05, 0) is 36.4 Å². The Morgan fingerprint density at radius 2 is 1.46 bits per heavy atom. The Labute approximate surface area is 145 Å². The van der Waals surface area contributed by atoms with E-state index >= 15 is 0 Å². The maximum atomic E-state index is 11.9. The first-order valence-electron chi connectivity index (χ1n) is 7.73. The second kappa shape index (κ2) is 7.01. The van der Waals surface area contributed by atoms with Crippen molar-refractivity contribution in [2.45, 2.75) is 6.42 Å². The number of rotatable bonds is 6. The molecule has 1 aromatic heterocycles. The average Bonchev–Trinajstić information content (AvgIpc) is 2.80. The molecule has 0 unspecified atom stereocenters. The van der Waals surface area contributed by atoms with E-state index < -0.39 is 0 Å². The summed E-state index contributed by atoms with van der Waals surface area (Å²) in [4.78, 5) is 11.9. The van der Waals surface area contributed by atoms with Gasteiger partial charge in [0, 0.05) is 31.6 Å². The highest BCUT2D eigenvalue weighted by molar-refractivity contribution is 6.30. The number of aryl methyl sites for hydroxylation is 2. The van der Waals surface area contributed by atoms with Crippen LogP contribution in [0.15, 0.2) is 47.3 Å². The van der Waals surface area contributed by atoms with Crippen LogP contribution >= 0.6 is 11.6 Å². The van der Waals surface area contributed by atoms with Gasteiger partial charge in [-0.3, -0.25) is 9.13 Å². The second-order valence-corrected chi connectivity index (χ2v) is 5.99. The van der Waals surface area contributed by atoms with E-state index in [9.17, 15) is 4.79 Å². The van der Waals surface area contributed by atoms with E-state index in [2.05, 4.69) is 0 Å². The monoisotopic (exact) mass is 346 g/mol. The third-order valence-corrected chi connectivity index (χ3v) is 4.14. The molecule has 0 amide bonds. The van der Waals surface area contributed by atoms with Crippen molar-refractivity contribution in [3.05, 3.63) is 58.0 Å². The summed E-state index contributed by atoms with van der Waals surface area (Å²) >= 11 is 5.83. The molecule has 0 aliphatic carbocycles. The van der Waals surface area contributed by atoms with Crippen molar-refractivity contribution >= 4 is 22.6 Å². The quantitative estimate of drug-likeness (QED) is 0.643. The summed E-state index contributed by atoms with van der Waals surface area (Å²) in [6.45, 7) is 1.10. The summed E-state index contributed by atoms with van der Waals surface area (Å²) in [6, 6.07) is 12.9. The van der Waals surface area contributed by atoms with Gasteiger partial charge in [-0.15, -0.1) is 0 Å². The summed E-state index contributed by atoms with van der Waals surface area (Å²) in [5, 5.41) is 0.691. The van der Waals surface area contributed by atoms with Crippen molar-refractivity contribution in [3.8, 4) is 11.5 Å². The third-order valence-electron chi connectivity index (χ3n) is 3.88. The maximum absolute atomic E-state index is 11.9. The van der Waals surface area contributed by atoms with Crippen LogP contribution in [-0.4, -0.2) is 22.3 Å². The Balaban J connectivity index is 1.53. The largest absolute Gasteiger partial charge is 0.493 e. The molecule has 0 aliphatic rings. The van der Waals surface area contributed by atoms with Crippen LogP contribution in [0.5, 0.6) is 11.5 Å². The van der Waals surface area contributed by atoms with Gasteiger partial charge in [0.05, 0.1) is 24.2 Å². The lowest BCUT2D eigenvalue weighted by Crippen LogP contribution is -2.19. The van der Waals surface area contributed by atoms with Crippen molar-refractivity contribution in [1.82, 2.24) is 9.13 Å². The number of hydrogen-bond acceptors (Lipinski definition) is 3. The zero-order valence-electron chi connectivity index (χ0n) is 13.7. The molecule has 3 rings (SSSR count). The topological polar surface area (TPSA) is 45.4 Å². The Morgan fingerprint density at radius 3 is 2.17 bits per heavy atom. The summed E-state index contributed by atoms with van der Waals surface area (Å²) in [7, 11) is 3.52. The highest BCUT2D eigenvalue weighted by Gasteiger charge is 2.08. The highest BCUT2D eigenvalue weighted by Crippen LogP contribution is 2.20. The third kappa shape index (κ3) is 3.41. The molecular weight excluding hydrogens is 328 g/mol. The molecule has 24 heavy (non-hydrogen) atoms. The number of ether oxygens (including phenoxy) is 2. The standard InChI is InChI=1S/C18H19ClN2O3/c1-20-16-9-8-15(12-17(16)21(2)18(20)22)24-11-3-10-23-14-6-4-13(19)5-7-14/h4-9,12H,3,10-11H2,1-2H3. The number of fused-ring (bicyclic) bond motifs is 1. The normalized spacial score (nSPS) is 11.0. The van der Waals surface area contributed by atoms with Crippen LogP contribution in [0.3, 0.4) is 0 Å². The van der Waals surface area contributed by atoms with E-state index in [0.717, 1.165) is 29.0 Å². The summed E-state index contributed by atoms with van der Waals surface area (Å²) in [6.07, 6.45) is 0.758. The zero-order valence-corrected chi connectivity index (χ0v) is 14.4. The van der Waals surface area contributed by atoms with Gasteiger partial charge in [-0.2, -0.15) is 0 Å². The van der Waals surface area contributed by atoms with Gasteiger partial charge < -0.3 is 9.47 Å². The number of nitrogens with zero attached hydrogens (tertiary/aromatic N) is 2. The molecule has 0 saturated carbocycles. The van der Waals surface area contributed by atoms with Crippen LogP contribution in [0.4, 0.5) is 0 Å². The predicted octanol–water partition coefficient (Wildman–Crippen LogP) is 3.38. The number of benzene rings is 2. The number of hydrogen-bond donors (Lipinski definition) is 0. The Kier molecular flexibility index (Phi) is 4.81. The molecule has 0 aliphatic heterocycles. The number of imidazole rings is 1. The molecule has 1 heterocycles. The molecule has 3 aromatic rings. The molecule has 0 N–H and O–H groups in total. The lowest BCUT2D eigenvalue weighted by atomic mass is 10.3. The maximum Gasteiger partial charge on any atom is 0.328 e. The minimum atomic E-state index is -0.0430. The van der Waals surface area contributed by atoms with Gasteiger partial charge in [0.2, 0.25) is 0 Å². The number of halogens is 1. The Hall–Kier alpha value is -2.40. The van der Waals surface area contributed by atoms with Gasteiger partial charge in [-0.25, -0.2) is 4.79 Å². The second-order valence-electron chi connectivity index (χ2n) is 5.56. The molecule has 0 radical (unpaired) electrons. The van der Waals surface area contributed by atoms with E-state index in [1.807, 2.05) is 30.3 Å². The summed E-state index contributed by atoms with van der Waals surface area (Å²) in [5.41, 5.74) is 1.71. The molecule has 0 fully saturated rings. The van der Waals surface area contributed by atoms with Crippen LogP contribution in [-0.2, 0) is 14.1 Å². The minimum Gasteiger partial charge on any atom is -0.493 e. The number of aromatic nitrogens is 2. The van der Waals surface area contributed by atoms with E-state index in [0.29, 0.717) is 18.2 Å². The van der Waals surface area contributed by atoms with E-state index in [-0.39, 0.29) is 5.69 Å². The van der Waals surface area contributed by atoms with Crippen molar-refractivity contribution in [2.75, 3.05) is 13.2 Å². The minimum absolute atomic E-state index is 0.0430. The van der Waals surface area contributed by atoms with Crippen LogP contribution < -0.4 is 15.2 Å². The average molecular weight is 347 g/mol. The molecule has 0 saturated heterocycles. The van der Waals surface area contributed by atoms with E-state index in [1.54, 1.807) is 35.4 Å². The molecule has 126 valence electrons. The lowest BCUT2D eigenvalue weighted by Gasteiger charge is -2.08. The smallest absolute Gasteiger partial charge is 0.328 e. The molecular formula is C18H19ClN2O3. The fraction of sp³-hybridized carbons (Fsp3) is 0.278. The van der Waals surface area contributed by atoms with Gasteiger partial charge in [0.25, 0.3) is 0 Å².